The van der Waals surface area contributed by atoms with Crippen molar-refractivity contribution in [2.75, 3.05) is 19.7 Å². The van der Waals surface area contributed by atoms with E-state index in [4.69, 9.17) is 4.74 Å². The highest BCUT2D eigenvalue weighted by molar-refractivity contribution is 5.36. The van der Waals surface area contributed by atoms with Crippen molar-refractivity contribution < 1.29 is 9.66 Å². The molecule has 17 heavy (non-hydrogen) atoms. The lowest BCUT2D eigenvalue weighted by molar-refractivity contribution is -0.390. The Hall–Kier alpha value is -1.63. The molecule has 1 aliphatic heterocycles. The lowest BCUT2D eigenvalue weighted by atomic mass is 10.1. The van der Waals surface area contributed by atoms with Gasteiger partial charge in [0, 0.05) is 26.4 Å². The summed E-state index contributed by atoms with van der Waals surface area (Å²) in [6.07, 6.45) is 1.05. The van der Waals surface area contributed by atoms with Gasteiger partial charge in [0.15, 0.2) is 0 Å². The summed E-state index contributed by atoms with van der Waals surface area (Å²) in [5, 5.41) is 14.1. The van der Waals surface area contributed by atoms with E-state index in [9.17, 15) is 10.1 Å². The fourth-order valence-corrected chi connectivity index (χ4v) is 1.91. The molecule has 0 radical (unpaired) electrons. The molecule has 0 saturated carbocycles. The summed E-state index contributed by atoms with van der Waals surface area (Å²) < 4.78 is 7.16. The van der Waals surface area contributed by atoms with Gasteiger partial charge in [-0.3, -0.25) is 4.57 Å². The predicted molar refractivity (Wildman–Crippen MR) is 61.1 cm³/mol. The van der Waals surface area contributed by atoms with Gasteiger partial charge in [0.25, 0.3) is 5.88 Å². The van der Waals surface area contributed by atoms with Gasteiger partial charge in [0.05, 0.1) is 6.61 Å². The van der Waals surface area contributed by atoms with Crippen molar-refractivity contribution >= 4 is 5.82 Å². The molecule has 1 unspecified atom stereocenters. The highest BCUT2D eigenvalue weighted by Crippen LogP contribution is 2.27. The molecule has 0 amide bonds. The number of aryl methyl sites for hydroxylation is 1. The van der Waals surface area contributed by atoms with Gasteiger partial charge in [-0.05, 0) is 22.9 Å². The highest BCUT2D eigenvalue weighted by Gasteiger charge is 2.26. The first-order valence-electron chi connectivity index (χ1n) is 5.61. The van der Waals surface area contributed by atoms with E-state index < -0.39 is 4.92 Å². The Kier molecular flexibility index (Phi) is 3.28. The molecule has 2 heterocycles. The van der Waals surface area contributed by atoms with Crippen LogP contribution in [0, 0.1) is 23.0 Å². The van der Waals surface area contributed by atoms with Gasteiger partial charge in [-0.2, -0.15) is 0 Å². The van der Waals surface area contributed by atoms with Gasteiger partial charge in [-0.25, -0.2) is 0 Å². The zero-order chi connectivity index (χ0) is 12.4. The highest BCUT2D eigenvalue weighted by atomic mass is 16.6. The maximum atomic E-state index is 10.8. The maximum Gasteiger partial charge on any atom is 0.426 e. The van der Waals surface area contributed by atoms with Gasteiger partial charge in [-0.1, -0.05) is 0 Å². The third-order valence-electron chi connectivity index (χ3n) is 3.04. The van der Waals surface area contributed by atoms with E-state index in [0.717, 1.165) is 19.5 Å². The van der Waals surface area contributed by atoms with Gasteiger partial charge >= 0.3 is 5.82 Å². The van der Waals surface area contributed by atoms with E-state index in [0.29, 0.717) is 18.3 Å². The summed E-state index contributed by atoms with van der Waals surface area (Å²) in [5.74, 6) is 1.05. The third kappa shape index (κ3) is 2.38. The minimum atomic E-state index is -0.505. The normalized spacial score (nSPS) is 19.5. The van der Waals surface area contributed by atoms with Crippen LogP contribution in [0.1, 0.15) is 12.2 Å². The van der Waals surface area contributed by atoms with Crippen LogP contribution >= 0.6 is 0 Å². The Bertz CT molecular complexity index is 423. The van der Waals surface area contributed by atoms with E-state index in [2.05, 4.69) is 10.3 Å². The van der Waals surface area contributed by atoms with Gasteiger partial charge in [0.2, 0.25) is 5.82 Å². The average molecular weight is 240 g/mol. The molecule has 0 aromatic carbocycles. The smallest absolute Gasteiger partial charge is 0.426 e. The topological polar surface area (TPSA) is 82.2 Å². The first-order chi connectivity index (χ1) is 8.09. The molecular weight excluding hydrogens is 224 g/mol. The molecule has 0 bridgehead atoms. The first-order valence-corrected chi connectivity index (χ1v) is 5.61. The van der Waals surface area contributed by atoms with E-state index in [-0.39, 0.29) is 11.7 Å². The van der Waals surface area contributed by atoms with Gasteiger partial charge in [0.1, 0.15) is 0 Å². The first kappa shape index (κ1) is 11.8. The average Bonchev–Trinajstić information content (AvgIpc) is 2.87. The van der Waals surface area contributed by atoms with E-state index in [1.807, 2.05) is 0 Å². The molecule has 1 aliphatic rings. The second kappa shape index (κ2) is 4.70. The van der Waals surface area contributed by atoms with Crippen LogP contribution < -0.4 is 10.1 Å². The third-order valence-corrected chi connectivity index (χ3v) is 3.04. The standard InChI is InChI=1S/C10H16N4O3/c1-7-12-9(14(15)16)10(13(7)2)17-6-8-3-4-11-5-8/h8,11H,3-6H2,1-2H3. The lowest BCUT2D eigenvalue weighted by Gasteiger charge is -2.10. The lowest BCUT2D eigenvalue weighted by Crippen LogP contribution is -2.16. The number of imidazole rings is 1. The van der Waals surface area contributed by atoms with Crippen molar-refractivity contribution in [2.45, 2.75) is 13.3 Å². The molecular formula is C10H16N4O3. The van der Waals surface area contributed by atoms with E-state index in [1.54, 1.807) is 18.5 Å². The van der Waals surface area contributed by atoms with Crippen LogP contribution in [0.3, 0.4) is 0 Å². The molecule has 0 aliphatic carbocycles. The van der Waals surface area contributed by atoms with Crippen molar-refractivity contribution in [3.05, 3.63) is 15.9 Å². The summed E-state index contributed by atoms with van der Waals surface area (Å²) in [5.41, 5.74) is 0. The molecule has 1 N–H and O–H groups in total. The molecule has 0 spiro atoms. The van der Waals surface area contributed by atoms with Crippen molar-refractivity contribution in [1.29, 1.82) is 0 Å². The summed E-state index contributed by atoms with van der Waals surface area (Å²) >= 11 is 0. The predicted octanol–water partition coefficient (Wildman–Crippen LogP) is 0.625. The number of hydrogen-bond donors (Lipinski definition) is 1. The fourth-order valence-electron chi connectivity index (χ4n) is 1.91. The Labute approximate surface area is 98.9 Å². The Morgan fingerprint density at radius 1 is 1.71 bits per heavy atom. The molecule has 2 rings (SSSR count). The molecule has 1 aromatic rings. The fraction of sp³-hybridized carbons (Fsp3) is 0.700. The maximum absolute atomic E-state index is 10.8. The number of hydrogen-bond acceptors (Lipinski definition) is 5. The van der Waals surface area contributed by atoms with Crippen LogP contribution in [-0.2, 0) is 7.05 Å². The second-order valence-corrected chi connectivity index (χ2v) is 4.27. The molecule has 94 valence electrons. The van der Waals surface area contributed by atoms with Crippen LogP contribution in [0.5, 0.6) is 5.88 Å². The minimum Gasteiger partial charge on any atom is -0.472 e. The molecule has 1 fully saturated rings. The molecule has 7 heteroatoms. The Balaban J connectivity index is 2.10. The SMILES string of the molecule is Cc1nc([N+](=O)[O-])c(OCC2CCNC2)n1C. The molecule has 7 nitrogen and oxygen atoms in total. The monoisotopic (exact) mass is 240 g/mol. The van der Waals surface area contributed by atoms with Crippen molar-refractivity contribution in [3.8, 4) is 5.88 Å². The number of ether oxygens (including phenoxy) is 1. The summed E-state index contributed by atoms with van der Waals surface area (Å²) in [6.45, 7) is 4.11. The summed E-state index contributed by atoms with van der Waals surface area (Å²) in [6, 6.07) is 0. The molecule has 1 saturated heterocycles. The quantitative estimate of drug-likeness (QED) is 0.616. The molecule has 1 atom stereocenters. The van der Waals surface area contributed by atoms with Crippen molar-refractivity contribution in [2.24, 2.45) is 13.0 Å². The number of rotatable bonds is 4. The van der Waals surface area contributed by atoms with Crippen molar-refractivity contribution in [1.82, 2.24) is 14.9 Å². The Morgan fingerprint density at radius 2 is 2.47 bits per heavy atom. The van der Waals surface area contributed by atoms with Crippen LogP contribution in [0.4, 0.5) is 5.82 Å². The van der Waals surface area contributed by atoms with Gasteiger partial charge < -0.3 is 20.2 Å². The van der Waals surface area contributed by atoms with Crippen LogP contribution in [0.15, 0.2) is 0 Å². The molecule has 1 aromatic heterocycles. The van der Waals surface area contributed by atoms with Crippen LogP contribution in [0.25, 0.3) is 0 Å². The number of nitrogens with zero attached hydrogens (tertiary/aromatic N) is 3. The van der Waals surface area contributed by atoms with Crippen LogP contribution in [0.2, 0.25) is 0 Å². The van der Waals surface area contributed by atoms with Gasteiger partial charge in [-0.15, -0.1) is 0 Å². The zero-order valence-electron chi connectivity index (χ0n) is 9.97. The minimum absolute atomic E-state index is 0.198. The largest absolute Gasteiger partial charge is 0.472 e. The second-order valence-electron chi connectivity index (χ2n) is 4.27. The van der Waals surface area contributed by atoms with E-state index >= 15 is 0 Å². The number of aromatic nitrogens is 2. The number of nitrogens with one attached hydrogen (secondary N) is 1. The van der Waals surface area contributed by atoms with E-state index in [1.165, 1.54) is 0 Å². The van der Waals surface area contributed by atoms with Crippen LogP contribution in [-0.4, -0.2) is 34.2 Å². The zero-order valence-corrected chi connectivity index (χ0v) is 9.97. The summed E-state index contributed by atoms with van der Waals surface area (Å²) in [4.78, 5) is 14.2. The number of nitro groups is 1. The Morgan fingerprint density at radius 3 is 3.06 bits per heavy atom. The summed E-state index contributed by atoms with van der Waals surface area (Å²) in [7, 11) is 1.72. The van der Waals surface area contributed by atoms with Crippen molar-refractivity contribution in [3.63, 3.8) is 0 Å².